The maximum Gasteiger partial charge on any atom is 0.343 e. The molecule has 0 heterocycles. The van der Waals surface area contributed by atoms with Crippen molar-refractivity contribution in [2.75, 3.05) is 6.61 Å². The predicted octanol–water partition coefficient (Wildman–Crippen LogP) is 5.63. The van der Waals surface area contributed by atoms with Gasteiger partial charge in [0, 0.05) is 5.56 Å². The molecule has 4 rings (SSSR count). The Labute approximate surface area is 209 Å². The van der Waals surface area contributed by atoms with Crippen molar-refractivity contribution >= 4 is 28.9 Å². The van der Waals surface area contributed by atoms with E-state index in [1.807, 2.05) is 67.6 Å². The van der Waals surface area contributed by atoms with Gasteiger partial charge >= 0.3 is 5.97 Å². The molecule has 0 aliphatic heterocycles. The summed E-state index contributed by atoms with van der Waals surface area (Å²) in [5, 5.41) is 5.89. The van der Waals surface area contributed by atoms with Crippen molar-refractivity contribution < 1.29 is 19.1 Å². The number of nitrogens with one attached hydrogen (secondary N) is 1. The number of benzene rings is 4. The molecule has 6 nitrogen and oxygen atoms in total. The molecular formula is C30H26N2O4. The van der Waals surface area contributed by atoms with Crippen molar-refractivity contribution in [3.63, 3.8) is 0 Å². The van der Waals surface area contributed by atoms with Gasteiger partial charge in [-0.25, -0.2) is 10.2 Å². The first-order chi connectivity index (χ1) is 17.5. The van der Waals surface area contributed by atoms with Crippen LogP contribution in [0, 0.1) is 6.92 Å². The van der Waals surface area contributed by atoms with Gasteiger partial charge in [-0.2, -0.15) is 5.10 Å². The average molecular weight is 479 g/mol. The zero-order chi connectivity index (χ0) is 25.3. The molecule has 0 aliphatic carbocycles. The lowest BCUT2D eigenvalue weighted by molar-refractivity contribution is -0.123. The van der Waals surface area contributed by atoms with Crippen molar-refractivity contribution in [1.29, 1.82) is 0 Å². The number of ether oxygens (including phenoxy) is 2. The molecule has 0 unspecified atom stereocenters. The van der Waals surface area contributed by atoms with Crippen LogP contribution in [0.5, 0.6) is 11.5 Å². The Morgan fingerprint density at radius 1 is 0.944 bits per heavy atom. The van der Waals surface area contributed by atoms with E-state index >= 15 is 0 Å². The highest BCUT2D eigenvalue weighted by atomic mass is 16.5. The highest BCUT2D eigenvalue weighted by molar-refractivity contribution is 6.04. The van der Waals surface area contributed by atoms with Crippen LogP contribution in [-0.2, 0) is 11.2 Å². The molecule has 180 valence electrons. The molecule has 0 radical (unpaired) electrons. The maximum atomic E-state index is 12.8. The first-order valence-electron chi connectivity index (χ1n) is 11.5. The van der Waals surface area contributed by atoms with Gasteiger partial charge in [-0.3, -0.25) is 4.79 Å². The smallest absolute Gasteiger partial charge is 0.343 e. The lowest BCUT2D eigenvalue weighted by Gasteiger charge is -2.11. The zero-order valence-electron chi connectivity index (χ0n) is 19.9. The third-order valence-corrected chi connectivity index (χ3v) is 5.47. The van der Waals surface area contributed by atoms with E-state index in [1.165, 1.54) is 6.21 Å². The number of para-hydroxylation sites is 1. The van der Waals surface area contributed by atoms with Crippen LogP contribution in [0.4, 0.5) is 0 Å². The molecule has 0 bridgehead atoms. The van der Waals surface area contributed by atoms with Crippen LogP contribution in [0.3, 0.4) is 0 Å². The Balaban J connectivity index is 1.50. The van der Waals surface area contributed by atoms with E-state index in [-0.39, 0.29) is 6.61 Å². The lowest BCUT2D eigenvalue weighted by Crippen LogP contribution is -2.25. The molecule has 0 aromatic heterocycles. The lowest BCUT2D eigenvalue weighted by atomic mass is 10.0. The van der Waals surface area contributed by atoms with Crippen LogP contribution >= 0.6 is 0 Å². The van der Waals surface area contributed by atoms with E-state index in [2.05, 4.69) is 17.1 Å². The van der Waals surface area contributed by atoms with Crippen molar-refractivity contribution in [2.45, 2.75) is 13.3 Å². The summed E-state index contributed by atoms with van der Waals surface area (Å²) < 4.78 is 11.4. The Hall–Kier alpha value is -4.71. The highest BCUT2D eigenvalue weighted by Crippen LogP contribution is 2.27. The summed E-state index contributed by atoms with van der Waals surface area (Å²) >= 11 is 0. The normalized spacial score (nSPS) is 10.8. The molecule has 1 amide bonds. The summed E-state index contributed by atoms with van der Waals surface area (Å²) in [6, 6.07) is 25.9. The number of carbonyl (C=O) groups is 2. The van der Waals surface area contributed by atoms with Gasteiger partial charge in [0.1, 0.15) is 11.5 Å². The molecule has 0 saturated heterocycles. The number of hydrogen-bond donors (Lipinski definition) is 1. The van der Waals surface area contributed by atoms with E-state index in [9.17, 15) is 9.59 Å². The fourth-order valence-electron chi connectivity index (χ4n) is 3.74. The number of amides is 1. The van der Waals surface area contributed by atoms with E-state index < -0.39 is 11.9 Å². The number of nitrogens with zero attached hydrogens (tertiary/aromatic N) is 1. The molecular weight excluding hydrogens is 452 g/mol. The summed E-state index contributed by atoms with van der Waals surface area (Å²) in [4.78, 5) is 25.1. The average Bonchev–Trinajstić information content (AvgIpc) is 2.89. The van der Waals surface area contributed by atoms with Crippen molar-refractivity contribution in [1.82, 2.24) is 5.43 Å². The van der Waals surface area contributed by atoms with Crippen LogP contribution in [0.25, 0.3) is 10.8 Å². The van der Waals surface area contributed by atoms with E-state index in [0.29, 0.717) is 29.0 Å². The molecule has 0 atom stereocenters. The quantitative estimate of drug-likeness (QED) is 0.111. The first kappa shape index (κ1) is 24.4. The van der Waals surface area contributed by atoms with Gasteiger partial charge in [-0.15, -0.1) is 6.58 Å². The van der Waals surface area contributed by atoms with Crippen LogP contribution < -0.4 is 14.9 Å². The summed E-state index contributed by atoms with van der Waals surface area (Å²) in [6.07, 6.45) is 3.89. The third kappa shape index (κ3) is 6.04. The number of aryl methyl sites for hydroxylation is 1. The number of allylic oxidation sites excluding steroid dienone is 1. The fourth-order valence-corrected chi connectivity index (χ4v) is 3.74. The molecule has 4 aromatic rings. The van der Waals surface area contributed by atoms with Crippen molar-refractivity contribution in [3.8, 4) is 11.5 Å². The molecule has 4 aromatic carbocycles. The second kappa shape index (κ2) is 11.6. The molecule has 36 heavy (non-hydrogen) atoms. The fraction of sp³-hybridized carbons (Fsp3) is 0.100. The minimum absolute atomic E-state index is 0.198. The summed E-state index contributed by atoms with van der Waals surface area (Å²) in [5.41, 5.74) is 5.41. The number of rotatable bonds is 9. The van der Waals surface area contributed by atoms with Gasteiger partial charge < -0.3 is 9.47 Å². The first-order valence-corrected chi connectivity index (χ1v) is 11.5. The molecule has 0 saturated carbocycles. The third-order valence-electron chi connectivity index (χ3n) is 5.47. The molecule has 1 N–H and O–H groups in total. The van der Waals surface area contributed by atoms with Crippen LogP contribution in [0.15, 0.2) is 103 Å². The predicted molar refractivity (Wildman–Crippen MR) is 142 cm³/mol. The Bertz CT molecular complexity index is 1440. The van der Waals surface area contributed by atoms with Gasteiger partial charge in [0.15, 0.2) is 6.61 Å². The minimum Gasteiger partial charge on any atom is -0.483 e. The molecule has 0 aliphatic rings. The number of fused-ring (bicyclic) bond motifs is 1. The SMILES string of the molecule is C=CCc1ccccc1OCC(=O)N/N=C\c1c(OC(=O)c2cccc(C)c2)ccc2ccccc12. The standard InChI is InChI=1S/C30H26N2O4/c1-3-9-23-12-5-7-15-27(23)35-20-29(33)32-31-19-26-25-14-6-4-11-22(25)16-17-28(26)36-30(34)24-13-8-10-21(2)18-24/h3-8,10-19H,1,9,20H2,2H3,(H,32,33)/b31-19-. The number of hydrogen-bond acceptors (Lipinski definition) is 5. The second-order valence-electron chi connectivity index (χ2n) is 8.14. The van der Waals surface area contributed by atoms with Crippen molar-refractivity contribution in [2.24, 2.45) is 5.10 Å². The van der Waals surface area contributed by atoms with Gasteiger partial charge in [-0.1, -0.05) is 72.3 Å². The van der Waals surface area contributed by atoms with E-state index in [4.69, 9.17) is 9.47 Å². The largest absolute Gasteiger partial charge is 0.483 e. The molecule has 0 spiro atoms. The summed E-state index contributed by atoms with van der Waals surface area (Å²) in [7, 11) is 0. The Morgan fingerprint density at radius 3 is 2.58 bits per heavy atom. The van der Waals surface area contributed by atoms with Crippen LogP contribution in [0.2, 0.25) is 0 Å². The summed E-state index contributed by atoms with van der Waals surface area (Å²) in [5.74, 6) is 0.0705. The van der Waals surface area contributed by atoms with Gasteiger partial charge in [0.25, 0.3) is 5.91 Å². The van der Waals surface area contributed by atoms with E-state index in [1.54, 1.807) is 30.3 Å². The van der Waals surface area contributed by atoms with Crippen LogP contribution in [0.1, 0.15) is 27.0 Å². The Morgan fingerprint density at radius 2 is 1.75 bits per heavy atom. The number of carbonyl (C=O) groups excluding carboxylic acids is 2. The number of esters is 1. The zero-order valence-corrected chi connectivity index (χ0v) is 19.9. The second-order valence-corrected chi connectivity index (χ2v) is 8.14. The molecule has 6 heteroatoms. The topological polar surface area (TPSA) is 77.0 Å². The Kier molecular flexibility index (Phi) is 7.88. The van der Waals surface area contributed by atoms with E-state index in [0.717, 1.165) is 21.9 Å². The van der Waals surface area contributed by atoms with Crippen LogP contribution in [-0.4, -0.2) is 24.7 Å². The number of hydrazone groups is 1. The van der Waals surface area contributed by atoms with Gasteiger partial charge in [0.05, 0.1) is 11.8 Å². The highest BCUT2D eigenvalue weighted by Gasteiger charge is 2.14. The van der Waals surface area contributed by atoms with Gasteiger partial charge in [0.2, 0.25) is 0 Å². The molecule has 0 fully saturated rings. The van der Waals surface area contributed by atoms with Gasteiger partial charge in [-0.05, 0) is 53.9 Å². The van der Waals surface area contributed by atoms with Crippen molar-refractivity contribution in [3.05, 3.63) is 120 Å². The maximum absolute atomic E-state index is 12.8. The summed E-state index contributed by atoms with van der Waals surface area (Å²) in [6.45, 7) is 5.46. The minimum atomic E-state index is -0.473. The monoisotopic (exact) mass is 478 g/mol.